The molecule has 1 fully saturated rings. The smallest absolute Gasteiger partial charge is 0.261 e. The molecular weight excluding hydrogens is 429 g/mol. The largest absolute Gasteiger partial charge is 0.368 e. The van der Waals surface area contributed by atoms with Crippen molar-refractivity contribution in [3.05, 3.63) is 89.7 Å². The van der Waals surface area contributed by atoms with E-state index in [0.717, 1.165) is 11.3 Å². The van der Waals surface area contributed by atoms with Crippen LogP contribution in [0.3, 0.4) is 0 Å². The van der Waals surface area contributed by atoms with Gasteiger partial charge in [0.2, 0.25) is 0 Å². The van der Waals surface area contributed by atoms with Crippen molar-refractivity contribution >= 4 is 27.3 Å². The quantitative estimate of drug-likeness (QED) is 0.636. The van der Waals surface area contributed by atoms with E-state index in [2.05, 4.69) is 9.62 Å². The number of halogens is 1. The first-order valence-corrected chi connectivity index (χ1v) is 11.8. The molecule has 3 aromatic carbocycles. The summed E-state index contributed by atoms with van der Waals surface area (Å²) in [5.41, 5.74) is 2.65. The molecule has 0 saturated carbocycles. The van der Waals surface area contributed by atoms with Crippen LogP contribution >= 0.6 is 0 Å². The van der Waals surface area contributed by atoms with Gasteiger partial charge in [-0.25, -0.2) is 12.8 Å². The number of hydrogen-bond donors (Lipinski definition) is 1. The summed E-state index contributed by atoms with van der Waals surface area (Å²) in [5, 5.41) is 0. The summed E-state index contributed by atoms with van der Waals surface area (Å²) in [5.74, 6) is -0.495. The molecule has 0 aliphatic carbocycles. The van der Waals surface area contributed by atoms with Gasteiger partial charge in [0.25, 0.3) is 15.9 Å². The van der Waals surface area contributed by atoms with E-state index in [9.17, 15) is 17.6 Å². The molecular formula is C24H24FN3O3S. The molecule has 8 heteroatoms. The Balaban J connectivity index is 1.45. The minimum atomic E-state index is -3.82. The number of aryl methyl sites for hydroxylation is 1. The summed E-state index contributed by atoms with van der Waals surface area (Å²) >= 11 is 0. The molecule has 0 radical (unpaired) electrons. The first-order valence-electron chi connectivity index (χ1n) is 10.3. The molecule has 32 heavy (non-hydrogen) atoms. The molecule has 1 saturated heterocycles. The SMILES string of the molecule is Cc1cccc(NS(=O)(=O)c2cccc(C(=O)N3CCN(c4ccc(F)cc4)CC3)c2)c1. The summed E-state index contributed by atoms with van der Waals surface area (Å²) in [6.07, 6.45) is 0. The van der Waals surface area contributed by atoms with Gasteiger partial charge in [-0.2, -0.15) is 0 Å². The van der Waals surface area contributed by atoms with E-state index in [1.165, 1.54) is 24.3 Å². The summed E-state index contributed by atoms with van der Waals surface area (Å²) in [7, 11) is -3.82. The molecule has 166 valence electrons. The molecule has 3 aromatic rings. The maximum absolute atomic E-state index is 13.1. The summed E-state index contributed by atoms with van der Waals surface area (Å²) in [4.78, 5) is 16.9. The fraction of sp³-hybridized carbons (Fsp3) is 0.208. The third-order valence-corrected chi connectivity index (χ3v) is 6.80. The topological polar surface area (TPSA) is 69.7 Å². The second kappa shape index (κ2) is 9.00. The highest BCUT2D eigenvalue weighted by Gasteiger charge is 2.24. The third-order valence-electron chi connectivity index (χ3n) is 5.42. The zero-order valence-corrected chi connectivity index (χ0v) is 18.5. The number of nitrogens with one attached hydrogen (secondary N) is 1. The number of nitrogens with zero attached hydrogens (tertiary/aromatic N) is 2. The molecule has 1 heterocycles. The van der Waals surface area contributed by atoms with Crippen LogP contribution < -0.4 is 9.62 Å². The minimum absolute atomic E-state index is 0.0369. The van der Waals surface area contributed by atoms with Crippen LogP contribution in [0.15, 0.2) is 77.7 Å². The molecule has 4 rings (SSSR count). The van der Waals surface area contributed by atoms with Crippen LogP contribution in [0, 0.1) is 12.7 Å². The van der Waals surface area contributed by atoms with Crippen LogP contribution in [-0.2, 0) is 10.0 Å². The monoisotopic (exact) mass is 453 g/mol. The number of sulfonamides is 1. The first-order chi connectivity index (χ1) is 15.3. The molecule has 1 N–H and O–H groups in total. The average molecular weight is 454 g/mol. The lowest BCUT2D eigenvalue weighted by Gasteiger charge is -2.36. The Hall–Kier alpha value is -3.39. The Morgan fingerprint density at radius 2 is 1.59 bits per heavy atom. The minimum Gasteiger partial charge on any atom is -0.368 e. The van der Waals surface area contributed by atoms with Crippen LogP contribution in [-0.4, -0.2) is 45.4 Å². The Bertz CT molecular complexity index is 1220. The van der Waals surface area contributed by atoms with Crippen molar-refractivity contribution in [1.82, 2.24) is 4.90 Å². The van der Waals surface area contributed by atoms with Gasteiger partial charge in [0.15, 0.2) is 0 Å². The number of amides is 1. The molecule has 0 aromatic heterocycles. The van der Waals surface area contributed by atoms with Crippen molar-refractivity contribution < 1.29 is 17.6 Å². The van der Waals surface area contributed by atoms with Gasteiger partial charge in [-0.1, -0.05) is 18.2 Å². The van der Waals surface area contributed by atoms with Gasteiger partial charge in [-0.3, -0.25) is 9.52 Å². The van der Waals surface area contributed by atoms with E-state index in [1.807, 2.05) is 13.0 Å². The normalized spacial score (nSPS) is 14.3. The second-order valence-corrected chi connectivity index (χ2v) is 9.44. The van der Waals surface area contributed by atoms with Crippen molar-refractivity contribution in [2.24, 2.45) is 0 Å². The van der Waals surface area contributed by atoms with E-state index < -0.39 is 10.0 Å². The fourth-order valence-electron chi connectivity index (χ4n) is 3.72. The maximum Gasteiger partial charge on any atom is 0.261 e. The van der Waals surface area contributed by atoms with E-state index in [1.54, 1.807) is 47.4 Å². The van der Waals surface area contributed by atoms with E-state index in [0.29, 0.717) is 37.4 Å². The number of anilines is 2. The molecule has 6 nitrogen and oxygen atoms in total. The Kier molecular flexibility index (Phi) is 6.14. The number of benzene rings is 3. The fourth-order valence-corrected chi connectivity index (χ4v) is 4.82. The maximum atomic E-state index is 13.1. The third kappa shape index (κ3) is 4.91. The molecule has 0 atom stereocenters. The Morgan fingerprint density at radius 3 is 2.28 bits per heavy atom. The van der Waals surface area contributed by atoms with Gasteiger partial charge in [0.1, 0.15) is 5.82 Å². The van der Waals surface area contributed by atoms with Gasteiger partial charge >= 0.3 is 0 Å². The lowest BCUT2D eigenvalue weighted by molar-refractivity contribution is 0.0746. The predicted octanol–water partition coefficient (Wildman–Crippen LogP) is 3.90. The summed E-state index contributed by atoms with van der Waals surface area (Å²) in [6.45, 7) is 4.10. The number of carbonyl (C=O) groups excluding carboxylic acids is 1. The van der Waals surface area contributed by atoms with Gasteiger partial charge in [-0.05, 0) is 67.1 Å². The van der Waals surface area contributed by atoms with Crippen molar-refractivity contribution in [1.29, 1.82) is 0 Å². The average Bonchev–Trinajstić information content (AvgIpc) is 2.79. The molecule has 0 spiro atoms. The van der Waals surface area contributed by atoms with Crippen LogP contribution in [0.1, 0.15) is 15.9 Å². The molecule has 1 aliphatic rings. The van der Waals surface area contributed by atoms with Crippen LogP contribution in [0.2, 0.25) is 0 Å². The number of carbonyl (C=O) groups is 1. The summed E-state index contributed by atoms with van der Waals surface area (Å²) in [6, 6.07) is 19.5. The van der Waals surface area contributed by atoms with E-state index >= 15 is 0 Å². The Labute approximate surface area is 187 Å². The predicted molar refractivity (Wildman–Crippen MR) is 123 cm³/mol. The second-order valence-electron chi connectivity index (χ2n) is 7.76. The molecule has 0 unspecified atom stereocenters. The summed E-state index contributed by atoms with van der Waals surface area (Å²) < 4.78 is 41.3. The zero-order chi connectivity index (χ0) is 22.7. The molecule has 1 aliphatic heterocycles. The van der Waals surface area contributed by atoms with E-state index in [-0.39, 0.29) is 16.6 Å². The highest BCUT2D eigenvalue weighted by molar-refractivity contribution is 7.92. The van der Waals surface area contributed by atoms with Crippen LogP contribution in [0.4, 0.5) is 15.8 Å². The van der Waals surface area contributed by atoms with Crippen molar-refractivity contribution in [3.8, 4) is 0 Å². The highest BCUT2D eigenvalue weighted by atomic mass is 32.2. The Morgan fingerprint density at radius 1 is 0.906 bits per heavy atom. The van der Waals surface area contributed by atoms with Crippen LogP contribution in [0.25, 0.3) is 0 Å². The molecule has 1 amide bonds. The van der Waals surface area contributed by atoms with Crippen molar-refractivity contribution in [2.45, 2.75) is 11.8 Å². The van der Waals surface area contributed by atoms with Gasteiger partial charge < -0.3 is 9.80 Å². The first kappa shape index (κ1) is 21.8. The number of hydrogen-bond acceptors (Lipinski definition) is 4. The van der Waals surface area contributed by atoms with Gasteiger partial charge in [0, 0.05) is 43.1 Å². The number of rotatable bonds is 5. The van der Waals surface area contributed by atoms with Gasteiger partial charge in [-0.15, -0.1) is 0 Å². The standard InChI is InChI=1S/C24H24FN3O3S/c1-18-4-2-6-21(16-18)26-32(30,31)23-7-3-5-19(17-23)24(29)28-14-12-27(13-15-28)22-10-8-20(25)9-11-22/h2-11,16-17,26H,12-15H2,1H3. The van der Waals surface area contributed by atoms with E-state index in [4.69, 9.17) is 0 Å². The van der Waals surface area contributed by atoms with Crippen molar-refractivity contribution in [2.75, 3.05) is 35.8 Å². The van der Waals surface area contributed by atoms with Gasteiger partial charge in [0.05, 0.1) is 4.90 Å². The lowest BCUT2D eigenvalue weighted by Crippen LogP contribution is -2.48. The lowest BCUT2D eigenvalue weighted by atomic mass is 10.1. The van der Waals surface area contributed by atoms with Crippen LogP contribution in [0.5, 0.6) is 0 Å². The van der Waals surface area contributed by atoms with Crippen molar-refractivity contribution in [3.63, 3.8) is 0 Å². The highest BCUT2D eigenvalue weighted by Crippen LogP contribution is 2.21. The number of piperazine rings is 1. The zero-order valence-electron chi connectivity index (χ0n) is 17.7. The molecule has 0 bridgehead atoms.